The summed E-state index contributed by atoms with van der Waals surface area (Å²) in [4.78, 5) is 3.44. The van der Waals surface area contributed by atoms with Crippen LogP contribution in [0.15, 0.2) is 24.4 Å². The fourth-order valence-electron chi connectivity index (χ4n) is 3.34. The molecule has 1 aliphatic heterocycles. The van der Waals surface area contributed by atoms with Crippen molar-refractivity contribution in [3.05, 3.63) is 35.5 Å². The van der Waals surface area contributed by atoms with Crippen molar-refractivity contribution in [2.45, 2.75) is 57.9 Å². The molecule has 2 heterocycles. The molecule has 0 bridgehead atoms. The Morgan fingerprint density at radius 1 is 1.25 bits per heavy atom. The molecule has 0 amide bonds. The molecule has 2 aromatic rings. The minimum atomic E-state index is 0.206. The van der Waals surface area contributed by atoms with Gasteiger partial charge in [-0.3, -0.25) is 0 Å². The van der Waals surface area contributed by atoms with Crippen molar-refractivity contribution < 1.29 is 0 Å². The molecule has 2 heteroatoms. The molecule has 0 saturated carbocycles. The van der Waals surface area contributed by atoms with Gasteiger partial charge in [0.1, 0.15) is 0 Å². The van der Waals surface area contributed by atoms with Gasteiger partial charge in [-0.2, -0.15) is 0 Å². The van der Waals surface area contributed by atoms with E-state index >= 15 is 0 Å². The van der Waals surface area contributed by atoms with E-state index in [4.69, 9.17) is 0 Å². The van der Waals surface area contributed by atoms with E-state index in [9.17, 15) is 0 Å². The molecule has 1 fully saturated rings. The Labute approximate surface area is 122 Å². The average Bonchev–Trinajstić information content (AvgIpc) is 3.06. The Balaban J connectivity index is 2.02. The number of fused-ring (bicyclic) bond motifs is 1. The summed E-state index contributed by atoms with van der Waals surface area (Å²) in [6, 6.07) is 7.49. The first kappa shape index (κ1) is 13.7. The maximum atomic E-state index is 3.64. The third kappa shape index (κ3) is 2.37. The van der Waals surface area contributed by atoms with Crippen LogP contribution in [0, 0.1) is 0 Å². The van der Waals surface area contributed by atoms with Crippen LogP contribution < -0.4 is 5.32 Å². The van der Waals surface area contributed by atoms with Crippen LogP contribution >= 0.6 is 0 Å². The van der Waals surface area contributed by atoms with E-state index in [0.29, 0.717) is 12.0 Å². The van der Waals surface area contributed by atoms with Crippen molar-refractivity contribution in [2.24, 2.45) is 0 Å². The topological polar surface area (TPSA) is 27.8 Å². The summed E-state index contributed by atoms with van der Waals surface area (Å²) < 4.78 is 0. The molecule has 2 unspecified atom stereocenters. The van der Waals surface area contributed by atoms with Crippen LogP contribution in [0.3, 0.4) is 0 Å². The lowest BCUT2D eigenvalue weighted by Crippen LogP contribution is -2.27. The van der Waals surface area contributed by atoms with Crippen LogP contribution in [-0.2, 0) is 5.41 Å². The predicted molar refractivity (Wildman–Crippen MR) is 86.4 cm³/mol. The van der Waals surface area contributed by atoms with E-state index in [1.54, 1.807) is 0 Å². The van der Waals surface area contributed by atoms with Gasteiger partial charge in [-0.15, -0.1) is 0 Å². The number of nitrogens with one attached hydrogen (secondary N) is 2. The highest BCUT2D eigenvalue weighted by Crippen LogP contribution is 2.33. The average molecular weight is 270 g/mol. The third-order valence-electron chi connectivity index (χ3n) is 4.77. The predicted octanol–water partition coefficient (Wildman–Crippen LogP) is 4.32. The lowest BCUT2D eigenvalue weighted by Gasteiger charge is -2.21. The zero-order valence-corrected chi connectivity index (χ0v) is 13.1. The molecule has 0 radical (unpaired) electrons. The Morgan fingerprint density at radius 3 is 2.70 bits per heavy atom. The van der Waals surface area contributed by atoms with Crippen molar-refractivity contribution in [1.29, 1.82) is 0 Å². The fraction of sp³-hybridized carbons (Fsp3) is 0.556. The second-order valence-corrected chi connectivity index (χ2v) is 7.25. The zero-order chi connectivity index (χ0) is 14.3. The summed E-state index contributed by atoms with van der Waals surface area (Å²) in [5.74, 6) is 0.571. The summed E-state index contributed by atoms with van der Waals surface area (Å²) in [5, 5.41) is 5.04. The maximum absolute atomic E-state index is 3.64. The standard InChI is InChI=1S/C18H26N2/c1-12(16-6-5-9-19-16)15-11-20-17-8-7-13(10-14(15)17)18(2,3)4/h7-8,10-12,16,19-20H,5-6,9H2,1-4H3. The van der Waals surface area contributed by atoms with Crippen LogP contribution in [-0.4, -0.2) is 17.6 Å². The molecule has 1 saturated heterocycles. The summed E-state index contributed by atoms with van der Waals surface area (Å²) in [7, 11) is 0. The van der Waals surface area contributed by atoms with E-state index in [1.807, 2.05) is 0 Å². The van der Waals surface area contributed by atoms with Crippen LogP contribution in [0.2, 0.25) is 0 Å². The lowest BCUT2D eigenvalue weighted by atomic mass is 9.85. The molecule has 0 aliphatic carbocycles. The quantitative estimate of drug-likeness (QED) is 0.835. The number of hydrogen-bond acceptors (Lipinski definition) is 1. The Morgan fingerprint density at radius 2 is 2.05 bits per heavy atom. The van der Waals surface area contributed by atoms with Gasteiger partial charge in [0.05, 0.1) is 0 Å². The highest BCUT2D eigenvalue weighted by Gasteiger charge is 2.24. The molecule has 1 aromatic carbocycles. The fourth-order valence-corrected chi connectivity index (χ4v) is 3.34. The normalized spacial score (nSPS) is 21.5. The van der Waals surface area contributed by atoms with Crippen molar-refractivity contribution in [3.63, 3.8) is 0 Å². The molecule has 3 rings (SSSR count). The second-order valence-electron chi connectivity index (χ2n) is 7.25. The molecule has 1 aromatic heterocycles. The van der Waals surface area contributed by atoms with Crippen molar-refractivity contribution in [2.75, 3.05) is 6.54 Å². The number of H-pyrrole nitrogens is 1. The monoisotopic (exact) mass is 270 g/mol. The van der Waals surface area contributed by atoms with Crippen LogP contribution in [0.5, 0.6) is 0 Å². The highest BCUT2D eigenvalue weighted by atomic mass is 14.9. The minimum Gasteiger partial charge on any atom is -0.361 e. The zero-order valence-electron chi connectivity index (χ0n) is 13.1. The van der Waals surface area contributed by atoms with E-state index in [0.717, 1.165) is 0 Å². The summed E-state index contributed by atoms with van der Waals surface area (Å²) in [6.07, 6.45) is 4.82. The molecule has 2 N–H and O–H groups in total. The van der Waals surface area contributed by atoms with Gasteiger partial charge in [0, 0.05) is 23.1 Å². The molecule has 1 aliphatic rings. The van der Waals surface area contributed by atoms with Crippen LogP contribution in [0.4, 0.5) is 0 Å². The van der Waals surface area contributed by atoms with Gasteiger partial charge in [-0.1, -0.05) is 33.8 Å². The largest absolute Gasteiger partial charge is 0.361 e. The first-order valence-electron chi connectivity index (χ1n) is 7.82. The smallest absolute Gasteiger partial charge is 0.0457 e. The number of hydrogen-bond donors (Lipinski definition) is 2. The van der Waals surface area contributed by atoms with Crippen molar-refractivity contribution in [1.82, 2.24) is 10.3 Å². The Bertz CT molecular complexity index is 597. The SMILES string of the molecule is CC(c1c[nH]c2ccc(C(C)(C)C)cc12)C1CCCN1. The van der Waals surface area contributed by atoms with E-state index < -0.39 is 0 Å². The molecular weight excluding hydrogens is 244 g/mol. The first-order chi connectivity index (χ1) is 9.47. The third-order valence-corrected chi connectivity index (χ3v) is 4.77. The number of aromatic nitrogens is 1. The maximum Gasteiger partial charge on any atom is 0.0457 e. The number of benzene rings is 1. The Kier molecular flexibility index (Phi) is 3.37. The van der Waals surface area contributed by atoms with Crippen LogP contribution in [0.25, 0.3) is 10.9 Å². The molecule has 2 nitrogen and oxygen atoms in total. The molecular formula is C18H26N2. The van der Waals surface area contributed by atoms with Crippen LogP contribution in [0.1, 0.15) is 57.6 Å². The number of aromatic amines is 1. The summed E-state index contributed by atoms with van der Waals surface area (Å²) in [6.45, 7) is 10.4. The first-order valence-corrected chi connectivity index (χ1v) is 7.82. The van der Waals surface area contributed by atoms with Crippen molar-refractivity contribution in [3.8, 4) is 0 Å². The van der Waals surface area contributed by atoms with Gasteiger partial charge in [0.2, 0.25) is 0 Å². The van der Waals surface area contributed by atoms with Gasteiger partial charge in [0.15, 0.2) is 0 Å². The van der Waals surface area contributed by atoms with Gasteiger partial charge < -0.3 is 10.3 Å². The Hall–Kier alpha value is -1.28. The molecule has 20 heavy (non-hydrogen) atoms. The number of rotatable bonds is 2. The van der Waals surface area contributed by atoms with Gasteiger partial charge in [-0.25, -0.2) is 0 Å². The lowest BCUT2D eigenvalue weighted by molar-refractivity contribution is 0.520. The summed E-state index contributed by atoms with van der Waals surface area (Å²) >= 11 is 0. The van der Waals surface area contributed by atoms with Gasteiger partial charge >= 0.3 is 0 Å². The van der Waals surface area contributed by atoms with Crippen molar-refractivity contribution >= 4 is 10.9 Å². The molecule has 2 atom stereocenters. The van der Waals surface area contributed by atoms with E-state index in [2.05, 4.69) is 62.4 Å². The van der Waals surface area contributed by atoms with E-state index in [-0.39, 0.29) is 5.41 Å². The summed E-state index contributed by atoms with van der Waals surface area (Å²) in [5.41, 5.74) is 4.35. The molecule has 108 valence electrons. The second kappa shape index (κ2) is 4.92. The minimum absolute atomic E-state index is 0.206. The van der Waals surface area contributed by atoms with E-state index in [1.165, 1.54) is 41.4 Å². The van der Waals surface area contributed by atoms with Gasteiger partial charge in [-0.05, 0) is 54.0 Å². The molecule has 0 spiro atoms. The van der Waals surface area contributed by atoms with Gasteiger partial charge in [0.25, 0.3) is 0 Å². The highest BCUT2D eigenvalue weighted by molar-refractivity contribution is 5.84.